The minimum Gasteiger partial charge on any atom is -0.481 e. The normalized spacial score (nSPS) is 13.8. The van der Waals surface area contributed by atoms with Crippen LogP contribution in [-0.4, -0.2) is 86.0 Å². The molecule has 11 N–H and O–H groups in total. The fourth-order valence-electron chi connectivity index (χ4n) is 3.89. The van der Waals surface area contributed by atoms with E-state index in [1.807, 2.05) is 0 Å². The largest absolute Gasteiger partial charge is 0.481 e. The number of aromatic nitrogens is 1. The molecule has 41 heavy (non-hydrogen) atoms. The summed E-state index contributed by atoms with van der Waals surface area (Å²) in [5.74, 6) is -8.06. The highest BCUT2D eigenvalue weighted by Crippen LogP contribution is 2.19. The number of carboxylic acids is 3. The van der Waals surface area contributed by atoms with Crippen molar-refractivity contribution in [3.05, 3.63) is 36.0 Å². The van der Waals surface area contributed by atoms with Crippen molar-refractivity contribution in [1.29, 1.82) is 0 Å². The number of aliphatic carboxylic acids is 3. The zero-order valence-corrected chi connectivity index (χ0v) is 21.8. The van der Waals surface area contributed by atoms with Gasteiger partial charge in [0, 0.05) is 36.4 Å². The number of carboxylic acid groups (broad SMARTS) is 3. The number of primary amides is 1. The van der Waals surface area contributed by atoms with Gasteiger partial charge in [0.25, 0.3) is 0 Å². The molecule has 0 aliphatic carbocycles. The summed E-state index contributed by atoms with van der Waals surface area (Å²) in [4.78, 5) is 86.8. The Labute approximate surface area is 232 Å². The van der Waals surface area contributed by atoms with Crippen LogP contribution in [-0.2, 0) is 40.0 Å². The summed E-state index contributed by atoms with van der Waals surface area (Å²) in [6, 6.07) is 0.970. The van der Waals surface area contributed by atoms with Crippen LogP contribution in [0.4, 0.5) is 0 Å². The predicted molar refractivity (Wildman–Crippen MR) is 141 cm³/mol. The Balaban J connectivity index is 2.18. The van der Waals surface area contributed by atoms with E-state index in [9.17, 15) is 43.8 Å². The summed E-state index contributed by atoms with van der Waals surface area (Å²) in [6.07, 6.45) is -0.950. The van der Waals surface area contributed by atoms with Crippen LogP contribution in [0.15, 0.2) is 30.5 Å². The summed E-state index contributed by atoms with van der Waals surface area (Å²) in [5, 5.41) is 35.2. The average Bonchev–Trinajstić information content (AvgIpc) is 3.30. The van der Waals surface area contributed by atoms with E-state index in [-0.39, 0.29) is 25.7 Å². The topological polar surface area (TPSA) is 284 Å². The molecule has 4 atom stereocenters. The molecule has 16 heteroatoms. The smallest absolute Gasteiger partial charge is 0.326 e. The predicted octanol–water partition coefficient (Wildman–Crippen LogP) is -1.82. The summed E-state index contributed by atoms with van der Waals surface area (Å²) in [7, 11) is 0. The third-order valence-corrected chi connectivity index (χ3v) is 6.04. The molecule has 0 aliphatic heterocycles. The Hall–Kier alpha value is -4.99. The number of fused-ring (bicyclic) bond motifs is 1. The lowest BCUT2D eigenvalue weighted by Gasteiger charge is -2.24. The molecule has 222 valence electrons. The second kappa shape index (κ2) is 15.0. The molecule has 1 aromatic carbocycles. The number of rotatable bonds is 17. The van der Waals surface area contributed by atoms with E-state index in [0.717, 1.165) is 10.9 Å². The summed E-state index contributed by atoms with van der Waals surface area (Å²) in [5.41, 5.74) is 12.1. The Morgan fingerprint density at radius 2 is 1.39 bits per heavy atom. The molecule has 0 saturated carbocycles. The molecule has 0 aliphatic rings. The van der Waals surface area contributed by atoms with Gasteiger partial charge in [0.15, 0.2) is 0 Å². The van der Waals surface area contributed by atoms with Gasteiger partial charge in [0.05, 0.1) is 12.5 Å². The quantitative estimate of drug-likeness (QED) is 0.101. The molecule has 0 saturated heterocycles. The number of benzene rings is 1. The van der Waals surface area contributed by atoms with E-state index >= 15 is 0 Å². The monoisotopic (exact) mass is 576 g/mol. The molecule has 16 nitrogen and oxygen atoms in total. The van der Waals surface area contributed by atoms with Gasteiger partial charge in [0.2, 0.25) is 23.6 Å². The molecule has 4 amide bonds. The maximum Gasteiger partial charge on any atom is 0.326 e. The maximum atomic E-state index is 13.0. The Kier molecular flexibility index (Phi) is 11.8. The van der Waals surface area contributed by atoms with Gasteiger partial charge in [-0.2, -0.15) is 0 Å². The lowest BCUT2D eigenvalue weighted by Crippen LogP contribution is -2.57. The average molecular weight is 577 g/mol. The second-order valence-corrected chi connectivity index (χ2v) is 9.23. The van der Waals surface area contributed by atoms with E-state index in [1.165, 1.54) is 0 Å². The van der Waals surface area contributed by atoms with Crippen molar-refractivity contribution in [3.8, 4) is 0 Å². The molecule has 2 aromatic rings. The number of carbonyl (C=O) groups is 7. The fraction of sp³-hybridized carbons (Fsp3) is 0.400. The van der Waals surface area contributed by atoms with Gasteiger partial charge in [-0.25, -0.2) is 4.79 Å². The molecular weight excluding hydrogens is 544 g/mol. The minimum absolute atomic E-state index is 0.162. The number of carbonyl (C=O) groups excluding carboxylic acids is 4. The molecule has 0 bridgehead atoms. The van der Waals surface area contributed by atoms with Gasteiger partial charge in [-0.15, -0.1) is 0 Å². The molecule has 4 unspecified atom stereocenters. The van der Waals surface area contributed by atoms with Gasteiger partial charge < -0.3 is 47.7 Å². The third-order valence-electron chi connectivity index (χ3n) is 6.04. The zero-order valence-electron chi connectivity index (χ0n) is 21.8. The van der Waals surface area contributed by atoms with E-state index in [4.69, 9.17) is 16.6 Å². The van der Waals surface area contributed by atoms with Crippen molar-refractivity contribution in [2.24, 2.45) is 11.5 Å². The Bertz CT molecular complexity index is 1310. The first kappa shape index (κ1) is 32.2. The number of hydrogen-bond acceptors (Lipinski definition) is 8. The molecule has 1 aromatic heterocycles. The summed E-state index contributed by atoms with van der Waals surface area (Å²) < 4.78 is 0. The molecule has 2 rings (SSSR count). The number of para-hydroxylation sites is 1. The number of amides is 4. The van der Waals surface area contributed by atoms with Crippen LogP contribution in [0.2, 0.25) is 0 Å². The van der Waals surface area contributed by atoms with Crippen molar-refractivity contribution in [3.63, 3.8) is 0 Å². The molecular formula is C25H32N6O10. The van der Waals surface area contributed by atoms with Gasteiger partial charge >= 0.3 is 17.9 Å². The summed E-state index contributed by atoms with van der Waals surface area (Å²) in [6.45, 7) is 0. The SMILES string of the molecule is NC(=O)CCC(NC(=O)C(N)CCC(=O)O)C(=O)NC(CC(=O)O)C(=O)NC(Cc1c[nH]c2ccccc12)C(=O)O. The molecule has 1 heterocycles. The highest BCUT2D eigenvalue weighted by atomic mass is 16.4. The Morgan fingerprint density at radius 1 is 0.780 bits per heavy atom. The number of nitrogens with one attached hydrogen (secondary N) is 4. The first-order chi connectivity index (χ1) is 19.3. The van der Waals surface area contributed by atoms with E-state index < -0.39 is 78.5 Å². The van der Waals surface area contributed by atoms with Crippen LogP contribution in [0.1, 0.15) is 37.7 Å². The van der Waals surface area contributed by atoms with Gasteiger partial charge in [-0.05, 0) is 24.5 Å². The minimum atomic E-state index is -1.77. The first-order valence-electron chi connectivity index (χ1n) is 12.4. The van der Waals surface area contributed by atoms with Crippen molar-refractivity contribution in [2.75, 3.05) is 0 Å². The van der Waals surface area contributed by atoms with Crippen molar-refractivity contribution < 1.29 is 48.9 Å². The highest BCUT2D eigenvalue weighted by molar-refractivity contribution is 5.96. The molecule has 0 spiro atoms. The van der Waals surface area contributed by atoms with Gasteiger partial charge in [-0.1, -0.05) is 18.2 Å². The van der Waals surface area contributed by atoms with Crippen LogP contribution in [0.25, 0.3) is 10.9 Å². The van der Waals surface area contributed by atoms with E-state index in [1.54, 1.807) is 30.5 Å². The van der Waals surface area contributed by atoms with Crippen molar-refractivity contribution >= 4 is 52.4 Å². The molecule has 0 radical (unpaired) electrons. The van der Waals surface area contributed by atoms with Crippen LogP contribution >= 0.6 is 0 Å². The lowest BCUT2D eigenvalue weighted by atomic mass is 10.0. The lowest BCUT2D eigenvalue weighted by molar-refractivity contribution is -0.143. The van der Waals surface area contributed by atoms with Crippen LogP contribution < -0.4 is 27.4 Å². The zero-order chi connectivity index (χ0) is 30.7. The number of H-pyrrole nitrogens is 1. The maximum absolute atomic E-state index is 13.0. The van der Waals surface area contributed by atoms with Crippen LogP contribution in [0, 0.1) is 0 Å². The fourth-order valence-corrected chi connectivity index (χ4v) is 3.89. The van der Waals surface area contributed by atoms with E-state index in [0.29, 0.717) is 5.56 Å². The number of hydrogen-bond donors (Lipinski definition) is 9. The van der Waals surface area contributed by atoms with Crippen molar-refractivity contribution in [1.82, 2.24) is 20.9 Å². The molecule has 0 fully saturated rings. The second-order valence-electron chi connectivity index (χ2n) is 9.23. The number of aromatic amines is 1. The van der Waals surface area contributed by atoms with Crippen LogP contribution in [0.3, 0.4) is 0 Å². The van der Waals surface area contributed by atoms with Crippen LogP contribution in [0.5, 0.6) is 0 Å². The standard InChI is InChI=1S/C25H32N6O10/c26-14(5-8-20(33)34)22(37)29-16(6-7-19(27)32)23(38)30-17(10-21(35)36)24(39)31-18(25(40)41)9-12-11-28-15-4-2-1-3-13(12)15/h1-4,11,14,16-18,28H,5-10,26H2,(H2,27,32)(H,29,37)(H,30,38)(H,31,39)(H,33,34)(H,35,36)(H,40,41). The third kappa shape index (κ3) is 10.2. The Morgan fingerprint density at radius 3 is 2.00 bits per heavy atom. The van der Waals surface area contributed by atoms with Gasteiger partial charge in [0.1, 0.15) is 18.1 Å². The van der Waals surface area contributed by atoms with E-state index in [2.05, 4.69) is 20.9 Å². The van der Waals surface area contributed by atoms with Gasteiger partial charge in [-0.3, -0.25) is 28.8 Å². The highest BCUT2D eigenvalue weighted by Gasteiger charge is 2.32. The number of nitrogens with two attached hydrogens (primary N) is 2. The summed E-state index contributed by atoms with van der Waals surface area (Å²) >= 11 is 0. The first-order valence-corrected chi connectivity index (χ1v) is 12.4. The van der Waals surface area contributed by atoms with Crippen molar-refractivity contribution in [2.45, 2.75) is 62.7 Å².